The molecule has 35 heavy (non-hydrogen) atoms. The molecule has 0 amide bonds. The van der Waals surface area contributed by atoms with Crippen molar-refractivity contribution in [1.82, 2.24) is 40.0 Å². The zero-order valence-electron chi connectivity index (χ0n) is 19.2. The molecule has 10 heteroatoms. The van der Waals surface area contributed by atoms with Gasteiger partial charge in [0.05, 0.1) is 35.5 Å². The first-order valence-electron chi connectivity index (χ1n) is 11.1. The molecule has 0 aliphatic carbocycles. The Balaban J connectivity index is 1.38. The van der Waals surface area contributed by atoms with Crippen LogP contribution in [0.1, 0.15) is 0 Å². The van der Waals surface area contributed by atoms with Crippen LogP contribution < -0.4 is 4.74 Å². The maximum Gasteiger partial charge on any atom is 0.178 e. The average molecular weight is 467 g/mol. The Kier molecular flexibility index (Phi) is 5.19. The maximum absolute atomic E-state index is 5.84. The number of fused-ring (bicyclic) bond motifs is 2. The van der Waals surface area contributed by atoms with E-state index in [9.17, 15) is 0 Å². The van der Waals surface area contributed by atoms with Crippen LogP contribution in [-0.2, 0) is 0 Å². The molecule has 2 N–H and O–H groups in total. The predicted molar refractivity (Wildman–Crippen MR) is 132 cm³/mol. The minimum Gasteiger partial charge on any atom is -0.491 e. The standard InChI is InChI=1S/C25H22N8O2/c1-33(2)8-10-35-17-11-16(12-26-13-17)19-3-4-20-22(28-19)23(32-31-20)25-29-21-18(15-6-9-34-14-15)5-7-27-24(21)30-25/h3-7,9,11-14H,8,10H2,1-2H3,(H,31,32)(H,27,29,30). The number of aromatic nitrogens is 7. The Labute approximate surface area is 200 Å². The molecule has 0 unspecified atom stereocenters. The van der Waals surface area contributed by atoms with Gasteiger partial charge in [-0.25, -0.2) is 15.0 Å². The number of nitrogens with zero attached hydrogens (tertiary/aromatic N) is 6. The molecule has 0 spiro atoms. The van der Waals surface area contributed by atoms with Crippen LogP contribution in [0.2, 0.25) is 0 Å². The molecular formula is C25H22N8O2. The lowest BCUT2D eigenvalue weighted by Gasteiger charge is -2.11. The zero-order chi connectivity index (χ0) is 23.8. The first kappa shape index (κ1) is 21.0. The molecule has 0 saturated heterocycles. The van der Waals surface area contributed by atoms with Gasteiger partial charge in [0, 0.05) is 35.6 Å². The van der Waals surface area contributed by atoms with Crippen LogP contribution in [0, 0.1) is 0 Å². The summed E-state index contributed by atoms with van der Waals surface area (Å²) in [6.45, 7) is 1.40. The molecule has 0 atom stereocenters. The number of aromatic amines is 2. The number of nitrogens with one attached hydrogen (secondary N) is 2. The van der Waals surface area contributed by atoms with Crippen molar-refractivity contribution in [3.63, 3.8) is 0 Å². The third-order valence-corrected chi connectivity index (χ3v) is 5.67. The van der Waals surface area contributed by atoms with Gasteiger partial charge in [0.15, 0.2) is 17.2 Å². The highest BCUT2D eigenvalue weighted by Crippen LogP contribution is 2.31. The zero-order valence-corrected chi connectivity index (χ0v) is 19.2. The Bertz CT molecular complexity index is 1620. The maximum atomic E-state index is 5.84. The fourth-order valence-electron chi connectivity index (χ4n) is 3.89. The lowest BCUT2D eigenvalue weighted by atomic mass is 10.1. The molecule has 0 aromatic carbocycles. The second kappa shape index (κ2) is 8.65. The van der Waals surface area contributed by atoms with Gasteiger partial charge in [-0.05, 0) is 44.4 Å². The number of likely N-dealkylation sites (N-methyl/N-ethyl adjacent to an activating group) is 1. The van der Waals surface area contributed by atoms with Crippen molar-refractivity contribution >= 4 is 22.2 Å². The van der Waals surface area contributed by atoms with Crippen molar-refractivity contribution in [2.75, 3.05) is 27.2 Å². The summed E-state index contributed by atoms with van der Waals surface area (Å²) in [5.41, 5.74) is 7.04. The molecule has 6 aromatic rings. The summed E-state index contributed by atoms with van der Waals surface area (Å²) in [4.78, 5) is 23.8. The molecule has 0 saturated carbocycles. The van der Waals surface area contributed by atoms with Gasteiger partial charge in [0.1, 0.15) is 17.9 Å². The van der Waals surface area contributed by atoms with Gasteiger partial charge >= 0.3 is 0 Å². The SMILES string of the molecule is CN(C)CCOc1cncc(-c2ccc3[nH]nc(-c4nc5nccc(-c6ccoc6)c5[nH]4)c3n2)c1. The van der Waals surface area contributed by atoms with Crippen molar-refractivity contribution in [3.05, 3.63) is 61.4 Å². The van der Waals surface area contributed by atoms with E-state index >= 15 is 0 Å². The molecule has 6 heterocycles. The molecule has 174 valence electrons. The van der Waals surface area contributed by atoms with E-state index in [1.807, 2.05) is 44.4 Å². The normalized spacial score (nSPS) is 11.6. The monoisotopic (exact) mass is 466 g/mol. The minimum absolute atomic E-state index is 0.581. The number of furan rings is 1. The van der Waals surface area contributed by atoms with Gasteiger partial charge in [-0.2, -0.15) is 5.10 Å². The molecule has 0 bridgehead atoms. The predicted octanol–water partition coefficient (Wildman–Crippen LogP) is 4.16. The summed E-state index contributed by atoms with van der Waals surface area (Å²) >= 11 is 0. The fraction of sp³-hybridized carbons (Fsp3) is 0.160. The number of pyridine rings is 3. The Hall–Kier alpha value is -4.57. The number of hydrogen-bond acceptors (Lipinski definition) is 8. The number of imidazole rings is 1. The summed E-state index contributed by atoms with van der Waals surface area (Å²) in [6, 6.07) is 9.65. The lowest BCUT2D eigenvalue weighted by molar-refractivity contribution is 0.261. The van der Waals surface area contributed by atoms with Crippen LogP contribution in [0.3, 0.4) is 0 Å². The van der Waals surface area contributed by atoms with E-state index in [1.165, 1.54) is 0 Å². The number of rotatable bonds is 7. The molecule has 6 aromatic heterocycles. The van der Waals surface area contributed by atoms with Gasteiger partial charge in [0.25, 0.3) is 0 Å². The molecular weight excluding hydrogens is 444 g/mol. The molecule has 6 rings (SSSR count). The van der Waals surface area contributed by atoms with Crippen molar-refractivity contribution in [2.24, 2.45) is 0 Å². The van der Waals surface area contributed by atoms with E-state index < -0.39 is 0 Å². The van der Waals surface area contributed by atoms with Crippen molar-refractivity contribution < 1.29 is 9.15 Å². The second-order valence-electron chi connectivity index (χ2n) is 8.38. The van der Waals surface area contributed by atoms with Crippen molar-refractivity contribution in [1.29, 1.82) is 0 Å². The molecule has 0 radical (unpaired) electrons. The van der Waals surface area contributed by atoms with Crippen LogP contribution >= 0.6 is 0 Å². The van der Waals surface area contributed by atoms with Gasteiger partial charge < -0.3 is 19.0 Å². The Morgan fingerprint density at radius 2 is 2.00 bits per heavy atom. The van der Waals surface area contributed by atoms with Crippen molar-refractivity contribution in [3.8, 4) is 39.7 Å². The third-order valence-electron chi connectivity index (χ3n) is 5.67. The average Bonchev–Trinajstić information content (AvgIpc) is 3.62. The van der Waals surface area contributed by atoms with E-state index in [-0.39, 0.29) is 0 Å². The number of hydrogen-bond donors (Lipinski definition) is 2. The summed E-state index contributed by atoms with van der Waals surface area (Å²) in [6.07, 6.45) is 8.55. The first-order valence-corrected chi connectivity index (χ1v) is 11.1. The van der Waals surface area contributed by atoms with Crippen LogP contribution in [-0.4, -0.2) is 67.3 Å². The van der Waals surface area contributed by atoms with Crippen LogP contribution in [0.25, 0.3) is 56.1 Å². The number of ether oxygens (including phenoxy) is 1. The van der Waals surface area contributed by atoms with Crippen LogP contribution in [0.15, 0.2) is 65.9 Å². The summed E-state index contributed by atoms with van der Waals surface area (Å²) in [7, 11) is 4.02. The second-order valence-corrected chi connectivity index (χ2v) is 8.38. The fourth-order valence-corrected chi connectivity index (χ4v) is 3.89. The largest absolute Gasteiger partial charge is 0.491 e. The van der Waals surface area contributed by atoms with E-state index in [1.54, 1.807) is 31.1 Å². The minimum atomic E-state index is 0.581. The highest BCUT2D eigenvalue weighted by atomic mass is 16.5. The van der Waals surface area contributed by atoms with E-state index in [0.717, 1.165) is 40.0 Å². The van der Waals surface area contributed by atoms with Crippen molar-refractivity contribution in [2.45, 2.75) is 0 Å². The van der Waals surface area contributed by atoms with E-state index in [4.69, 9.17) is 14.1 Å². The first-order chi connectivity index (χ1) is 17.2. The van der Waals surface area contributed by atoms with E-state index in [0.29, 0.717) is 35.0 Å². The highest BCUT2D eigenvalue weighted by Gasteiger charge is 2.17. The van der Waals surface area contributed by atoms with Crippen LogP contribution in [0.4, 0.5) is 0 Å². The Morgan fingerprint density at radius 1 is 1.06 bits per heavy atom. The summed E-state index contributed by atoms with van der Waals surface area (Å²) < 4.78 is 11.1. The molecule has 0 aliphatic rings. The molecule has 10 nitrogen and oxygen atoms in total. The summed E-state index contributed by atoms with van der Waals surface area (Å²) in [5.74, 6) is 1.28. The number of H-pyrrole nitrogens is 2. The summed E-state index contributed by atoms with van der Waals surface area (Å²) in [5, 5.41) is 7.54. The van der Waals surface area contributed by atoms with Gasteiger partial charge in [-0.3, -0.25) is 10.1 Å². The van der Waals surface area contributed by atoms with Crippen LogP contribution in [0.5, 0.6) is 5.75 Å². The Morgan fingerprint density at radius 3 is 2.86 bits per heavy atom. The van der Waals surface area contributed by atoms with Gasteiger partial charge in [-0.15, -0.1) is 0 Å². The van der Waals surface area contributed by atoms with Gasteiger partial charge in [0.2, 0.25) is 0 Å². The quantitative estimate of drug-likeness (QED) is 0.360. The van der Waals surface area contributed by atoms with Gasteiger partial charge in [-0.1, -0.05) is 0 Å². The smallest absolute Gasteiger partial charge is 0.178 e. The topological polar surface area (TPSA) is 122 Å². The molecule has 0 aliphatic heterocycles. The molecule has 0 fully saturated rings. The highest BCUT2D eigenvalue weighted by molar-refractivity contribution is 5.94. The van der Waals surface area contributed by atoms with E-state index in [2.05, 4.69) is 35.0 Å². The lowest BCUT2D eigenvalue weighted by Crippen LogP contribution is -2.19. The third kappa shape index (κ3) is 4.00.